The fourth-order valence-electron chi connectivity index (χ4n) is 2.13. The van der Waals surface area contributed by atoms with Crippen LogP contribution >= 0.6 is 15.9 Å². The summed E-state index contributed by atoms with van der Waals surface area (Å²) in [5, 5.41) is 4.33. The summed E-state index contributed by atoms with van der Waals surface area (Å²) < 4.78 is 21.4. The highest BCUT2D eigenvalue weighted by Crippen LogP contribution is 2.24. The number of methoxy groups -OCH3 is 1. The summed E-state index contributed by atoms with van der Waals surface area (Å²) in [5.41, 5.74) is 1.63. The molecule has 1 aromatic carbocycles. The number of hydrogen-bond donors (Lipinski definition) is 0. The molecule has 0 N–H and O–H groups in total. The van der Waals surface area contributed by atoms with Crippen LogP contribution in [0.5, 0.6) is 5.75 Å². The first-order chi connectivity index (χ1) is 9.97. The molecule has 1 aromatic heterocycles. The van der Waals surface area contributed by atoms with Crippen LogP contribution in [0.4, 0.5) is 4.39 Å². The van der Waals surface area contributed by atoms with E-state index < -0.39 is 5.82 Å². The van der Waals surface area contributed by atoms with Gasteiger partial charge in [0, 0.05) is 12.6 Å². The third kappa shape index (κ3) is 3.15. The summed E-state index contributed by atoms with van der Waals surface area (Å²) in [7, 11) is 1.45. The summed E-state index contributed by atoms with van der Waals surface area (Å²) in [6.07, 6.45) is 0.0957. The van der Waals surface area contributed by atoms with Gasteiger partial charge in [0.25, 0.3) is 0 Å². The topological polar surface area (TPSA) is 44.1 Å². The van der Waals surface area contributed by atoms with Crippen LogP contribution in [-0.4, -0.2) is 22.7 Å². The molecule has 1 heterocycles. The summed E-state index contributed by atoms with van der Waals surface area (Å²) >= 11 is 3.43. The van der Waals surface area contributed by atoms with Crippen molar-refractivity contribution in [1.82, 2.24) is 9.78 Å². The second-order valence-electron chi connectivity index (χ2n) is 4.61. The van der Waals surface area contributed by atoms with E-state index in [2.05, 4.69) is 21.0 Å². The molecular weight excluding hydrogens is 339 g/mol. The molecule has 2 aromatic rings. The molecule has 0 saturated heterocycles. The molecule has 0 amide bonds. The first-order valence-corrected chi connectivity index (χ1v) is 7.35. The largest absolute Gasteiger partial charge is 0.497 e. The number of nitrogens with zero attached hydrogens (tertiary/aromatic N) is 2. The van der Waals surface area contributed by atoms with E-state index in [-0.39, 0.29) is 17.8 Å². The van der Waals surface area contributed by atoms with Crippen molar-refractivity contribution < 1.29 is 13.9 Å². The molecule has 0 aliphatic carbocycles. The fraction of sp³-hybridized carbons (Fsp3) is 0.333. The fourth-order valence-corrected chi connectivity index (χ4v) is 2.56. The van der Waals surface area contributed by atoms with Crippen molar-refractivity contribution in [3.63, 3.8) is 0 Å². The molecule has 0 atom stereocenters. The van der Waals surface area contributed by atoms with Gasteiger partial charge >= 0.3 is 0 Å². The van der Waals surface area contributed by atoms with Gasteiger partial charge in [-0.1, -0.05) is 0 Å². The van der Waals surface area contributed by atoms with Crippen molar-refractivity contribution in [2.24, 2.45) is 0 Å². The number of aromatic nitrogens is 2. The lowest BCUT2D eigenvalue weighted by Gasteiger charge is -2.07. The van der Waals surface area contributed by atoms with E-state index in [1.165, 1.54) is 19.2 Å². The lowest BCUT2D eigenvalue weighted by atomic mass is 10.1. The number of rotatable bonds is 5. The lowest BCUT2D eigenvalue weighted by Crippen LogP contribution is -2.11. The second-order valence-corrected chi connectivity index (χ2v) is 5.40. The summed E-state index contributed by atoms with van der Waals surface area (Å²) in [5.74, 6) is -0.472. The Bertz CT molecular complexity index is 683. The van der Waals surface area contributed by atoms with Crippen molar-refractivity contribution in [2.45, 2.75) is 26.8 Å². The Morgan fingerprint density at radius 1 is 1.48 bits per heavy atom. The van der Waals surface area contributed by atoms with E-state index >= 15 is 0 Å². The average molecular weight is 355 g/mol. The van der Waals surface area contributed by atoms with Crippen LogP contribution in [0.3, 0.4) is 0 Å². The van der Waals surface area contributed by atoms with Gasteiger partial charge in [0.05, 0.1) is 35.0 Å². The minimum atomic E-state index is -0.574. The molecule has 112 valence electrons. The zero-order valence-corrected chi connectivity index (χ0v) is 13.7. The van der Waals surface area contributed by atoms with E-state index in [4.69, 9.17) is 4.74 Å². The van der Waals surface area contributed by atoms with Crippen LogP contribution in [0, 0.1) is 12.7 Å². The number of benzene rings is 1. The molecule has 6 heteroatoms. The van der Waals surface area contributed by atoms with Crippen LogP contribution in [-0.2, 0) is 13.0 Å². The standard InChI is InChI=1S/C15H16BrFN2O2/c1-4-19-13(15(16)9(2)18-19)8-14(20)11-6-5-10(21-3)7-12(11)17/h5-7H,4,8H2,1-3H3. The van der Waals surface area contributed by atoms with Crippen LogP contribution in [0.15, 0.2) is 22.7 Å². The number of ether oxygens (including phenoxy) is 1. The summed E-state index contributed by atoms with van der Waals surface area (Å²) in [6, 6.07) is 4.24. The molecule has 4 nitrogen and oxygen atoms in total. The van der Waals surface area contributed by atoms with E-state index in [0.29, 0.717) is 12.3 Å². The molecular formula is C15H16BrFN2O2. The molecule has 0 aliphatic heterocycles. The van der Waals surface area contributed by atoms with E-state index in [1.54, 1.807) is 10.7 Å². The number of carbonyl (C=O) groups is 1. The van der Waals surface area contributed by atoms with Crippen LogP contribution < -0.4 is 4.74 Å². The second kappa shape index (κ2) is 6.39. The zero-order chi connectivity index (χ0) is 15.6. The van der Waals surface area contributed by atoms with Crippen molar-refractivity contribution in [3.05, 3.63) is 45.4 Å². The van der Waals surface area contributed by atoms with Gasteiger partial charge in [-0.2, -0.15) is 5.10 Å². The number of carbonyl (C=O) groups excluding carboxylic acids is 1. The van der Waals surface area contributed by atoms with Gasteiger partial charge in [-0.25, -0.2) is 4.39 Å². The predicted molar refractivity (Wildman–Crippen MR) is 81.3 cm³/mol. The van der Waals surface area contributed by atoms with Gasteiger partial charge in [-0.05, 0) is 41.9 Å². The maximum Gasteiger partial charge on any atom is 0.171 e. The van der Waals surface area contributed by atoms with Gasteiger partial charge in [0.2, 0.25) is 0 Å². The summed E-state index contributed by atoms with van der Waals surface area (Å²) in [6.45, 7) is 4.46. The number of Topliss-reactive ketones (excluding diaryl/α,β-unsaturated/α-hetero) is 1. The number of hydrogen-bond acceptors (Lipinski definition) is 3. The van der Waals surface area contributed by atoms with Gasteiger partial charge in [0.15, 0.2) is 5.78 Å². The smallest absolute Gasteiger partial charge is 0.171 e. The van der Waals surface area contributed by atoms with E-state index in [9.17, 15) is 9.18 Å². The van der Waals surface area contributed by atoms with Crippen molar-refractivity contribution in [1.29, 1.82) is 0 Å². The Hall–Kier alpha value is -1.69. The van der Waals surface area contributed by atoms with Crippen molar-refractivity contribution >= 4 is 21.7 Å². The Balaban J connectivity index is 2.30. The van der Waals surface area contributed by atoms with Gasteiger partial charge in [0.1, 0.15) is 11.6 Å². The number of aryl methyl sites for hydroxylation is 2. The van der Waals surface area contributed by atoms with Crippen molar-refractivity contribution in [2.75, 3.05) is 7.11 Å². The average Bonchev–Trinajstić information content (AvgIpc) is 2.74. The Morgan fingerprint density at radius 2 is 2.19 bits per heavy atom. The highest BCUT2D eigenvalue weighted by Gasteiger charge is 2.19. The van der Waals surface area contributed by atoms with E-state index in [0.717, 1.165) is 15.9 Å². The SMILES string of the molecule is CCn1nc(C)c(Br)c1CC(=O)c1ccc(OC)cc1F. The first-order valence-electron chi connectivity index (χ1n) is 6.56. The lowest BCUT2D eigenvalue weighted by molar-refractivity contribution is 0.0986. The molecule has 0 bridgehead atoms. The summed E-state index contributed by atoms with van der Waals surface area (Å²) in [4.78, 5) is 12.3. The minimum absolute atomic E-state index is 0.0595. The maximum absolute atomic E-state index is 13.9. The van der Waals surface area contributed by atoms with Gasteiger partial charge < -0.3 is 4.74 Å². The molecule has 2 rings (SSSR count). The molecule has 0 saturated carbocycles. The highest BCUT2D eigenvalue weighted by molar-refractivity contribution is 9.10. The van der Waals surface area contributed by atoms with Gasteiger partial charge in [-0.15, -0.1) is 0 Å². The molecule has 0 radical (unpaired) electrons. The molecule has 0 fully saturated rings. The van der Waals surface area contributed by atoms with Crippen LogP contribution in [0.1, 0.15) is 28.7 Å². The third-order valence-corrected chi connectivity index (χ3v) is 4.29. The molecule has 0 spiro atoms. The van der Waals surface area contributed by atoms with Gasteiger partial charge in [-0.3, -0.25) is 9.48 Å². The maximum atomic E-state index is 13.9. The third-order valence-electron chi connectivity index (χ3n) is 3.26. The first kappa shape index (κ1) is 15.7. The Kier molecular flexibility index (Phi) is 4.77. The predicted octanol–water partition coefficient (Wildman–Crippen LogP) is 3.55. The highest BCUT2D eigenvalue weighted by atomic mass is 79.9. The quantitative estimate of drug-likeness (QED) is 0.771. The minimum Gasteiger partial charge on any atom is -0.497 e. The van der Waals surface area contributed by atoms with Crippen LogP contribution in [0.2, 0.25) is 0 Å². The van der Waals surface area contributed by atoms with E-state index in [1.807, 2.05) is 13.8 Å². The number of ketones is 1. The molecule has 0 aliphatic rings. The normalized spacial score (nSPS) is 10.7. The molecule has 21 heavy (non-hydrogen) atoms. The van der Waals surface area contributed by atoms with Crippen LogP contribution in [0.25, 0.3) is 0 Å². The zero-order valence-electron chi connectivity index (χ0n) is 12.1. The van der Waals surface area contributed by atoms with Crippen molar-refractivity contribution in [3.8, 4) is 5.75 Å². The Morgan fingerprint density at radius 3 is 2.76 bits per heavy atom. The molecule has 0 unspecified atom stereocenters. The number of halogens is 2. The monoisotopic (exact) mass is 354 g/mol. The Labute approximate surface area is 131 Å².